The van der Waals surface area contributed by atoms with E-state index in [1.54, 1.807) is 48.5 Å². The van der Waals surface area contributed by atoms with Crippen LogP contribution in [0.15, 0.2) is 60.3 Å². The van der Waals surface area contributed by atoms with Gasteiger partial charge in [-0.1, -0.05) is 24.3 Å². The third-order valence-corrected chi connectivity index (χ3v) is 5.97. The molecule has 0 unspecified atom stereocenters. The lowest BCUT2D eigenvalue weighted by atomic mass is 10.1. The summed E-state index contributed by atoms with van der Waals surface area (Å²) in [7, 11) is 2.80. The summed E-state index contributed by atoms with van der Waals surface area (Å²) in [5.41, 5.74) is 3.71. The molecule has 0 atom stereocenters. The number of aromatic nitrogens is 1. The van der Waals surface area contributed by atoms with E-state index in [4.69, 9.17) is 9.47 Å². The number of ether oxygens (including phenoxy) is 2. The zero-order chi connectivity index (χ0) is 26.7. The number of esters is 1. The summed E-state index contributed by atoms with van der Waals surface area (Å²) >= 11 is 0. The fraction of sp³-hybridized carbons (Fsp3) is 0.185. The highest BCUT2D eigenvalue weighted by Crippen LogP contribution is 2.27. The van der Waals surface area contributed by atoms with Crippen LogP contribution in [0.5, 0.6) is 5.75 Å². The van der Waals surface area contributed by atoms with Crippen molar-refractivity contribution in [2.75, 3.05) is 26.1 Å². The van der Waals surface area contributed by atoms with Crippen molar-refractivity contribution in [1.82, 2.24) is 14.8 Å². The Kier molecular flexibility index (Phi) is 7.10. The van der Waals surface area contributed by atoms with Crippen molar-refractivity contribution < 1.29 is 28.7 Å². The minimum atomic E-state index is -0.698. The maximum absolute atomic E-state index is 13.0. The van der Waals surface area contributed by atoms with Crippen molar-refractivity contribution >= 4 is 35.6 Å². The predicted octanol–water partition coefficient (Wildman–Crippen LogP) is 3.42. The average molecular weight is 503 g/mol. The van der Waals surface area contributed by atoms with E-state index in [2.05, 4.69) is 10.6 Å². The molecule has 1 aromatic heterocycles. The standard InChI is InChI=1S/C27H26N4O6/c1-16-13-18(17(2)31(16)22-11-7-5-9-19(22)26(34)37-4)14-21-25(33)30(27(35)29-21)15-24(32)28-20-10-6-8-12-23(20)36-3/h5-14H,15H2,1-4H3,(H,28,32)(H,29,35)/b21-14+. The molecule has 37 heavy (non-hydrogen) atoms. The molecule has 0 bridgehead atoms. The Bertz CT molecular complexity index is 1440. The minimum Gasteiger partial charge on any atom is -0.495 e. The van der Waals surface area contributed by atoms with Crippen LogP contribution < -0.4 is 15.4 Å². The van der Waals surface area contributed by atoms with Crippen LogP contribution in [0.25, 0.3) is 11.8 Å². The van der Waals surface area contributed by atoms with E-state index in [0.717, 1.165) is 16.3 Å². The second-order valence-corrected chi connectivity index (χ2v) is 8.30. The predicted molar refractivity (Wildman–Crippen MR) is 136 cm³/mol. The number of anilines is 1. The van der Waals surface area contributed by atoms with Gasteiger partial charge in [0.25, 0.3) is 5.91 Å². The van der Waals surface area contributed by atoms with E-state index < -0.39 is 30.4 Å². The number of hydrogen-bond donors (Lipinski definition) is 2. The molecule has 10 nitrogen and oxygen atoms in total. The third kappa shape index (κ3) is 4.94. The Morgan fingerprint density at radius 1 is 1.03 bits per heavy atom. The SMILES string of the molecule is COC(=O)c1ccccc1-n1c(C)cc(/C=C2/NC(=O)N(CC(=O)Nc3ccccc3OC)C2=O)c1C. The van der Waals surface area contributed by atoms with Crippen LogP contribution in [0.2, 0.25) is 0 Å². The Labute approximate surface area is 213 Å². The fourth-order valence-corrected chi connectivity index (χ4v) is 4.21. The summed E-state index contributed by atoms with van der Waals surface area (Å²) in [4.78, 5) is 51.2. The lowest BCUT2D eigenvalue weighted by Gasteiger charge is -2.14. The number of nitrogens with one attached hydrogen (secondary N) is 2. The maximum atomic E-state index is 13.0. The highest BCUT2D eigenvalue weighted by molar-refractivity contribution is 6.16. The Balaban J connectivity index is 1.57. The zero-order valence-corrected chi connectivity index (χ0v) is 20.8. The second-order valence-electron chi connectivity index (χ2n) is 8.30. The average Bonchev–Trinajstić information content (AvgIpc) is 3.32. The first kappa shape index (κ1) is 25.2. The summed E-state index contributed by atoms with van der Waals surface area (Å²) in [6.07, 6.45) is 1.55. The van der Waals surface area contributed by atoms with Crippen LogP contribution in [0, 0.1) is 13.8 Å². The molecule has 0 aliphatic carbocycles. The highest BCUT2D eigenvalue weighted by Gasteiger charge is 2.35. The second kappa shape index (κ2) is 10.4. The van der Waals surface area contributed by atoms with E-state index in [9.17, 15) is 19.2 Å². The molecule has 0 saturated carbocycles. The molecule has 1 aliphatic heterocycles. The molecule has 1 fully saturated rings. The molecular weight excluding hydrogens is 476 g/mol. The van der Waals surface area contributed by atoms with Crippen molar-refractivity contribution in [3.8, 4) is 11.4 Å². The van der Waals surface area contributed by atoms with Crippen molar-refractivity contribution in [3.05, 3.63) is 82.8 Å². The normalized spacial score (nSPS) is 14.1. The molecule has 0 radical (unpaired) electrons. The van der Waals surface area contributed by atoms with Crippen molar-refractivity contribution in [3.63, 3.8) is 0 Å². The van der Waals surface area contributed by atoms with E-state index >= 15 is 0 Å². The first-order chi connectivity index (χ1) is 17.7. The number of rotatable bonds is 7. The van der Waals surface area contributed by atoms with Gasteiger partial charge in [0, 0.05) is 11.4 Å². The summed E-state index contributed by atoms with van der Waals surface area (Å²) in [5.74, 6) is -1.19. The minimum absolute atomic E-state index is 0.0385. The monoisotopic (exact) mass is 502 g/mol. The number of nitrogens with zero attached hydrogens (tertiary/aromatic N) is 2. The number of benzene rings is 2. The van der Waals surface area contributed by atoms with Crippen LogP contribution in [0.1, 0.15) is 27.3 Å². The van der Waals surface area contributed by atoms with Gasteiger partial charge in [0.15, 0.2) is 0 Å². The lowest BCUT2D eigenvalue weighted by molar-refractivity contribution is -0.127. The van der Waals surface area contributed by atoms with Crippen LogP contribution in [-0.4, -0.2) is 54.0 Å². The molecule has 4 amide bonds. The Morgan fingerprint density at radius 2 is 1.73 bits per heavy atom. The summed E-state index contributed by atoms with van der Waals surface area (Å²) in [6, 6.07) is 15.0. The van der Waals surface area contributed by atoms with Crippen LogP contribution >= 0.6 is 0 Å². The van der Waals surface area contributed by atoms with Gasteiger partial charge in [-0.2, -0.15) is 0 Å². The van der Waals surface area contributed by atoms with Gasteiger partial charge in [0.1, 0.15) is 18.0 Å². The highest BCUT2D eigenvalue weighted by atomic mass is 16.5. The summed E-state index contributed by atoms with van der Waals surface area (Å²) in [6.45, 7) is 3.24. The zero-order valence-electron chi connectivity index (χ0n) is 20.8. The van der Waals surface area contributed by atoms with E-state index in [0.29, 0.717) is 28.3 Å². The van der Waals surface area contributed by atoms with Gasteiger partial charge in [0.05, 0.1) is 31.2 Å². The number of urea groups is 1. The largest absolute Gasteiger partial charge is 0.495 e. The molecule has 1 saturated heterocycles. The molecule has 10 heteroatoms. The molecule has 2 heterocycles. The number of para-hydroxylation sites is 3. The lowest BCUT2D eigenvalue weighted by Crippen LogP contribution is -2.38. The number of imide groups is 1. The maximum Gasteiger partial charge on any atom is 0.339 e. The molecule has 190 valence electrons. The van der Waals surface area contributed by atoms with E-state index in [-0.39, 0.29) is 5.70 Å². The van der Waals surface area contributed by atoms with Crippen LogP contribution in [0.3, 0.4) is 0 Å². The summed E-state index contributed by atoms with van der Waals surface area (Å²) in [5, 5.41) is 5.19. The number of carbonyl (C=O) groups is 4. The number of carbonyl (C=O) groups excluding carboxylic acids is 4. The Morgan fingerprint density at radius 3 is 2.46 bits per heavy atom. The number of amides is 4. The third-order valence-electron chi connectivity index (χ3n) is 5.97. The number of hydrogen-bond acceptors (Lipinski definition) is 6. The van der Waals surface area contributed by atoms with Gasteiger partial charge >= 0.3 is 12.0 Å². The first-order valence-corrected chi connectivity index (χ1v) is 11.4. The topological polar surface area (TPSA) is 119 Å². The molecule has 0 spiro atoms. The molecular formula is C27H26N4O6. The van der Waals surface area contributed by atoms with Gasteiger partial charge in [-0.05, 0) is 55.8 Å². The Hall–Kier alpha value is -4.86. The van der Waals surface area contributed by atoms with Gasteiger partial charge in [-0.25, -0.2) is 14.5 Å². The van der Waals surface area contributed by atoms with Crippen molar-refractivity contribution in [1.29, 1.82) is 0 Å². The van der Waals surface area contributed by atoms with Gasteiger partial charge in [-0.15, -0.1) is 0 Å². The quantitative estimate of drug-likeness (QED) is 0.290. The van der Waals surface area contributed by atoms with E-state index in [1.807, 2.05) is 30.5 Å². The molecule has 1 aliphatic rings. The van der Waals surface area contributed by atoms with Gasteiger partial charge in [0.2, 0.25) is 5.91 Å². The summed E-state index contributed by atoms with van der Waals surface area (Å²) < 4.78 is 12.0. The van der Waals surface area contributed by atoms with Gasteiger partial charge in [-0.3, -0.25) is 9.59 Å². The van der Waals surface area contributed by atoms with Crippen molar-refractivity contribution in [2.45, 2.75) is 13.8 Å². The van der Waals surface area contributed by atoms with Crippen LogP contribution in [0.4, 0.5) is 10.5 Å². The molecule has 4 rings (SSSR count). The van der Waals surface area contributed by atoms with Crippen molar-refractivity contribution in [2.24, 2.45) is 0 Å². The molecule has 2 N–H and O–H groups in total. The molecule has 3 aromatic rings. The van der Waals surface area contributed by atoms with Crippen LogP contribution in [-0.2, 0) is 14.3 Å². The molecule has 2 aromatic carbocycles. The van der Waals surface area contributed by atoms with Gasteiger partial charge < -0.3 is 24.7 Å². The fourth-order valence-electron chi connectivity index (χ4n) is 4.21. The smallest absolute Gasteiger partial charge is 0.339 e. The number of aryl methyl sites for hydroxylation is 1. The number of methoxy groups -OCH3 is 2. The first-order valence-electron chi connectivity index (χ1n) is 11.4. The van der Waals surface area contributed by atoms with E-state index in [1.165, 1.54) is 14.2 Å².